The molecule has 0 amide bonds. The van der Waals surface area contributed by atoms with E-state index in [4.69, 9.17) is 0 Å². The minimum atomic E-state index is -0.379. The number of rotatable bonds is 4. The predicted molar refractivity (Wildman–Crippen MR) is 108 cm³/mol. The molecule has 1 saturated carbocycles. The standard InChI is InChI=1S/C22H19FN4O2/c1-14-6-2-5-9-18(14)27-20-19(21(28)26(22(27)29)16-10-11-16)25(13-24-20)12-15-7-3-4-8-17(15)23/h2-9,13,16H,10-12H2,1H3. The van der Waals surface area contributed by atoms with Gasteiger partial charge in [-0.15, -0.1) is 0 Å². The highest BCUT2D eigenvalue weighted by Crippen LogP contribution is 2.32. The first-order chi connectivity index (χ1) is 14.1. The van der Waals surface area contributed by atoms with Crippen LogP contribution in [0.4, 0.5) is 4.39 Å². The van der Waals surface area contributed by atoms with Gasteiger partial charge in [0.15, 0.2) is 11.2 Å². The fourth-order valence-corrected chi connectivity index (χ4v) is 3.77. The van der Waals surface area contributed by atoms with Crippen molar-refractivity contribution in [2.75, 3.05) is 0 Å². The molecule has 7 heteroatoms. The summed E-state index contributed by atoms with van der Waals surface area (Å²) in [6, 6.07) is 13.9. The summed E-state index contributed by atoms with van der Waals surface area (Å²) in [5, 5.41) is 0. The van der Waals surface area contributed by atoms with E-state index in [2.05, 4.69) is 4.98 Å². The summed E-state index contributed by atoms with van der Waals surface area (Å²) in [5.74, 6) is -0.343. The number of imidazole rings is 1. The Balaban J connectivity index is 1.82. The monoisotopic (exact) mass is 390 g/mol. The van der Waals surface area contributed by atoms with Crippen LogP contribution in [-0.4, -0.2) is 18.7 Å². The molecule has 0 N–H and O–H groups in total. The molecule has 4 aromatic rings. The second-order valence-corrected chi connectivity index (χ2v) is 7.45. The molecule has 1 fully saturated rings. The van der Waals surface area contributed by atoms with Crippen LogP contribution in [0, 0.1) is 12.7 Å². The molecule has 2 heterocycles. The van der Waals surface area contributed by atoms with E-state index in [9.17, 15) is 14.0 Å². The number of aryl methyl sites for hydroxylation is 1. The third-order valence-corrected chi connectivity index (χ3v) is 5.42. The Kier molecular flexibility index (Phi) is 3.97. The minimum Gasteiger partial charge on any atom is -0.320 e. The van der Waals surface area contributed by atoms with E-state index in [0.717, 1.165) is 18.4 Å². The summed E-state index contributed by atoms with van der Waals surface area (Å²) in [4.78, 5) is 30.9. The molecule has 0 radical (unpaired) electrons. The summed E-state index contributed by atoms with van der Waals surface area (Å²) in [6.07, 6.45) is 3.11. The zero-order valence-electron chi connectivity index (χ0n) is 15.9. The topological polar surface area (TPSA) is 61.8 Å². The van der Waals surface area contributed by atoms with Crippen molar-refractivity contribution in [2.24, 2.45) is 0 Å². The highest BCUT2D eigenvalue weighted by atomic mass is 19.1. The normalized spacial score (nSPS) is 13.9. The van der Waals surface area contributed by atoms with Crippen molar-refractivity contribution in [2.45, 2.75) is 32.4 Å². The van der Waals surface area contributed by atoms with Crippen LogP contribution in [0.15, 0.2) is 64.4 Å². The number of hydrogen-bond donors (Lipinski definition) is 0. The molecule has 0 unspecified atom stereocenters. The summed E-state index contributed by atoms with van der Waals surface area (Å²) in [7, 11) is 0. The Morgan fingerprint density at radius 1 is 1.07 bits per heavy atom. The molecule has 0 spiro atoms. The number of fused-ring (bicyclic) bond motifs is 1. The molecular weight excluding hydrogens is 371 g/mol. The summed E-state index contributed by atoms with van der Waals surface area (Å²) < 4.78 is 18.6. The molecule has 1 aliphatic carbocycles. The largest absolute Gasteiger partial charge is 0.337 e. The average Bonchev–Trinajstić information content (AvgIpc) is 3.45. The molecule has 0 saturated heterocycles. The van der Waals surface area contributed by atoms with Crippen LogP contribution in [0.2, 0.25) is 0 Å². The van der Waals surface area contributed by atoms with Gasteiger partial charge in [0.1, 0.15) is 5.82 Å². The molecule has 6 nitrogen and oxygen atoms in total. The average molecular weight is 390 g/mol. The number of nitrogens with zero attached hydrogens (tertiary/aromatic N) is 4. The highest BCUT2D eigenvalue weighted by molar-refractivity contribution is 5.73. The lowest BCUT2D eigenvalue weighted by molar-refractivity contribution is 0.599. The summed E-state index contributed by atoms with van der Waals surface area (Å²) in [5.41, 5.74) is 1.90. The van der Waals surface area contributed by atoms with Gasteiger partial charge in [0.25, 0.3) is 5.56 Å². The maximum atomic E-state index is 14.2. The number of halogens is 1. The van der Waals surface area contributed by atoms with Gasteiger partial charge in [0.05, 0.1) is 18.6 Å². The van der Waals surface area contributed by atoms with E-state index in [1.54, 1.807) is 22.8 Å². The maximum absolute atomic E-state index is 14.2. The minimum absolute atomic E-state index is 0.0912. The Hall–Kier alpha value is -3.48. The van der Waals surface area contributed by atoms with Crippen LogP contribution in [0.5, 0.6) is 0 Å². The van der Waals surface area contributed by atoms with E-state index in [0.29, 0.717) is 22.4 Å². The van der Waals surface area contributed by atoms with Crippen molar-refractivity contribution < 1.29 is 4.39 Å². The van der Waals surface area contributed by atoms with E-state index in [-0.39, 0.29) is 29.7 Å². The van der Waals surface area contributed by atoms with Crippen molar-refractivity contribution in [1.82, 2.24) is 18.7 Å². The SMILES string of the molecule is Cc1ccccc1-n1c(=O)n(C2CC2)c(=O)c2c1ncn2Cc1ccccc1F. The van der Waals surface area contributed by atoms with E-state index >= 15 is 0 Å². The number of hydrogen-bond acceptors (Lipinski definition) is 3. The van der Waals surface area contributed by atoms with Crippen LogP contribution in [-0.2, 0) is 6.54 Å². The van der Waals surface area contributed by atoms with Gasteiger partial charge in [0.2, 0.25) is 0 Å². The van der Waals surface area contributed by atoms with Crippen LogP contribution in [0.1, 0.15) is 30.0 Å². The van der Waals surface area contributed by atoms with Crippen LogP contribution in [0.3, 0.4) is 0 Å². The molecule has 0 aliphatic heterocycles. The van der Waals surface area contributed by atoms with Gasteiger partial charge in [-0.3, -0.25) is 9.36 Å². The molecule has 0 atom stereocenters. The second kappa shape index (κ2) is 6.55. The quantitative estimate of drug-likeness (QED) is 0.538. The first-order valence-electron chi connectivity index (χ1n) is 9.58. The first-order valence-corrected chi connectivity index (χ1v) is 9.58. The van der Waals surface area contributed by atoms with Gasteiger partial charge in [-0.05, 0) is 37.5 Å². The Morgan fingerprint density at radius 3 is 2.52 bits per heavy atom. The van der Waals surface area contributed by atoms with E-state index in [1.807, 2.05) is 31.2 Å². The van der Waals surface area contributed by atoms with Crippen molar-refractivity contribution in [3.8, 4) is 5.69 Å². The Labute approximate surface area is 165 Å². The van der Waals surface area contributed by atoms with Gasteiger partial charge in [-0.25, -0.2) is 18.7 Å². The molecule has 2 aromatic carbocycles. The maximum Gasteiger partial charge on any atom is 0.337 e. The predicted octanol–water partition coefficient (Wildman–Crippen LogP) is 3.18. The highest BCUT2D eigenvalue weighted by Gasteiger charge is 2.30. The van der Waals surface area contributed by atoms with Crippen molar-refractivity contribution in [1.29, 1.82) is 0 Å². The van der Waals surface area contributed by atoms with Gasteiger partial charge in [0, 0.05) is 11.6 Å². The molecule has 2 aromatic heterocycles. The molecule has 5 rings (SSSR count). The molecule has 29 heavy (non-hydrogen) atoms. The van der Waals surface area contributed by atoms with Crippen molar-refractivity contribution in [3.05, 3.63) is 92.6 Å². The molecule has 146 valence electrons. The van der Waals surface area contributed by atoms with Crippen LogP contribution in [0.25, 0.3) is 16.9 Å². The zero-order valence-corrected chi connectivity index (χ0v) is 15.9. The molecule has 1 aliphatic rings. The number of aromatic nitrogens is 4. The Morgan fingerprint density at radius 2 is 1.79 bits per heavy atom. The van der Waals surface area contributed by atoms with Gasteiger partial charge < -0.3 is 4.57 Å². The number of benzene rings is 2. The lowest BCUT2D eigenvalue weighted by Crippen LogP contribution is -2.39. The summed E-state index contributed by atoms with van der Waals surface area (Å²) >= 11 is 0. The zero-order chi connectivity index (χ0) is 20.1. The smallest absolute Gasteiger partial charge is 0.320 e. The van der Waals surface area contributed by atoms with Gasteiger partial charge in [-0.2, -0.15) is 0 Å². The second-order valence-electron chi connectivity index (χ2n) is 7.45. The first kappa shape index (κ1) is 17.6. The fourth-order valence-electron chi connectivity index (χ4n) is 3.77. The fraction of sp³-hybridized carbons (Fsp3) is 0.227. The van der Waals surface area contributed by atoms with Crippen LogP contribution < -0.4 is 11.2 Å². The summed E-state index contributed by atoms with van der Waals surface area (Å²) in [6.45, 7) is 2.07. The third-order valence-electron chi connectivity index (χ3n) is 5.42. The molecule has 0 bridgehead atoms. The van der Waals surface area contributed by atoms with E-state index in [1.165, 1.54) is 21.5 Å². The third kappa shape index (κ3) is 2.81. The van der Waals surface area contributed by atoms with E-state index < -0.39 is 0 Å². The lowest BCUT2D eigenvalue weighted by atomic mass is 10.2. The number of para-hydroxylation sites is 1. The van der Waals surface area contributed by atoms with Crippen molar-refractivity contribution >= 4 is 11.2 Å². The lowest BCUT2D eigenvalue weighted by Gasteiger charge is -2.14. The van der Waals surface area contributed by atoms with Gasteiger partial charge >= 0.3 is 5.69 Å². The van der Waals surface area contributed by atoms with Crippen molar-refractivity contribution in [3.63, 3.8) is 0 Å². The Bertz CT molecular complexity index is 1360. The molecular formula is C22H19FN4O2. The van der Waals surface area contributed by atoms with Crippen LogP contribution >= 0.6 is 0 Å². The van der Waals surface area contributed by atoms with Gasteiger partial charge in [-0.1, -0.05) is 36.4 Å².